The lowest BCUT2D eigenvalue weighted by molar-refractivity contribution is -0.137. The second kappa shape index (κ2) is 8.13. The van der Waals surface area contributed by atoms with Gasteiger partial charge in [-0.15, -0.1) is 0 Å². The Balaban J connectivity index is 1.53. The molecule has 6 heteroatoms. The molecule has 0 bridgehead atoms. The smallest absolute Gasteiger partial charge is 0.222 e. The summed E-state index contributed by atoms with van der Waals surface area (Å²) in [6, 6.07) is 1.97. The highest BCUT2D eigenvalue weighted by molar-refractivity contribution is 5.77. The van der Waals surface area contributed by atoms with Gasteiger partial charge in [0.2, 0.25) is 5.91 Å². The zero-order valence-corrected chi connectivity index (χ0v) is 15.5. The molecule has 0 unspecified atom stereocenters. The first-order chi connectivity index (χ1) is 12.1. The molecule has 2 saturated heterocycles. The molecule has 6 nitrogen and oxygen atoms in total. The van der Waals surface area contributed by atoms with Gasteiger partial charge >= 0.3 is 0 Å². The fourth-order valence-corrected chi connectivity index (χ4v) is 3.76. The molecular weight excluding hydrogens is 316 g/mol. The van der Waals surface area contributed by atoms with Crippen LogP contribution in [0, 0.1) is 12.3 Å². The second-order valence-corrected chi connectivity index (χ2v) is 7.46. The summed E-state index contributed by atoms with van der Waals surface area (Å²) in [4.78, 5) is 23.3. The molecule has 2 aliphatic rings. The number of likely N-dealkylation sites (tertiary alicyclic amines) is 1. The highest BCUT2D eigenvalue weighted by Crippen LogP contribution is 2.37. The number of nitrogens with zero attached hydrogens (tertiary/aromatic N) is 3. The lowest BCUT2D eigenvalue weighted by atomic mass is 9.79. The SMILES string of the molecule is CCCCc1nc(C)cc(NCCN2C[C@]3(CCOC3)CCC2=O)n1. The Bertz CT molecular complexity index is 599. The van der Waals surface area contributed by atoms with Gasteiger partial charge < -0.3 is 15.0 Å². The van der Waals surface area contributed by atoms with Crippen LogP contribution in [0.25, 0.3) is 0 Å². The first kappa shape index (κ1) is 18.1. The molecule has 138 valence electrons. The Morgan fingerprint density at radius 2 is 2.24 bits per heavy atom. The highest BCUT2D eigenvalue weighted by Gasteiger charge is 2.41. The van der Waals surface area contributed by atoms with E-state index in [9.17, 15) is 4.79 Å². The molecule has 2 aliphatic heterocycles. The topological polar surface area (TPSA) is 67.3 Å². The third-order valence-electron chi connectivity index (χ3n) is 5.28. The van der Waals surface area contributed by atoms with E-state index in [2.05, 4.69) is 22.2 Å². The van der Waals surface area contributed by atoms with Gasteiger partial charge in [-0.05, 0) is 26.2 Å². The van der Waals surface area contributed by atoms with Crippen LogP contribution in [0.1, 0.15) is 50.5 Å². The average Bonchev–Trinajstić information content (AvgIpc) is 3.04. The molecule has 1 atom stereocenters. The number of ether oxygens (including phenoxy) is 1. The molecule has 3 heterocycles. The molecule has 2 fully saturated rings. The van der Waals surface area contributed by atoms with Crippen LogP contribution in [-0.2, 0) is 16.0 Å². The van der Waals surface area contributed by atoms with Crippen molar-refractivity contribution < 1.29 is 9.53 Å². The first-order valence-electron chi connectivity index (χ1n) is 9.54. The lowest BCUT2D eigenvalue weighted by Gasteiger charge is -2.39. The van der Waals surface area contributed by atoms with Crippen molar-refractivity contribution in [2.75, 3.05) is 38.2 Å². The van der Waals surface area contributed by atoms with E-state index in [1.807, 2.05) is 17.9 Å². The van der Waals surface area contributed by atoms with Crippen LogP contribution in [0.15, 0.2) is 6.07 Å². The van der Waals surface area contributed by atoms with Crippen LogP contribution >= 0.6 is 0 Å². The van der Waals surface area contributed by atoms with Gasteiger partial charge in [0.05, 0.1) is 6.61 Å². The van der Waals surface area contributed by atoms with E-state index in [0.717, 1.165) is 69.2 Å². The molecule has 1 aromatic heterocycles. The van der Waals surface area contributed by atoms with Gasteiger partial charge in [0, 0.05) is 56.3 Å². The Kier molecular flexibility index (Phi) is 5.89. The van der Waals surface area contributed by atoms with E-state index in [1.54, 1.807) is 0 Å². The van der Waals surface area contributed by atoms with Crippen molar-refractivity contribution in [2.24, 2.45) is 5.41 Å². The van der Waals surface area contributed by atoms with Crippen LogP contribution in [0.5, 0.6) is 0 Å². The fourth-order valence-electron chi connectivity index (χ4n) is 3.76. The molecule has 0 aromatic carbocycles. The summed E-state index contributed by atoms with van der Waals surface area (Å²) in [5.41, 5.74) is 1.19. The van der Waals surface area contributed by atoms with E-state index in [4.69, 9.17) is 4.74 Å². The minimum Gasteiger partial charge on any atom is -0.381 e. The molecule has 1 amide bonds. The summed E-state index contributed by atoms with van der Waals surface area (Å²) in [5.74, 6) is 2.03. The number of carbonyl (C=O) groups excluding carboxylic acids is 1. The Hall–Kier alpha value is -1.69. The van der Waals surface area contributed by atoms with Gasteiger partial charge in [0.15, 0.2) is 0 Å². The van der Waals surface area contributed by atoms with Crippen molar-refractivity contribution in [3.8, 4) is 0 Å². The van der Waals surface area contributed by atoms with Gasteiger partial charge in [0.1, 0.15) is 11.6 Å². The zero-order chi connectivity index (χ0) is 17.7. The van der Waals surface area contributed by atoms with Gasteiger partial charge in [-0.3, -0.25) is 4.79 Å². The summed E-state index contributed by atoms with van der Waals surface area (Å²) < 4.78 is 5.58. The number of aryl methyl sites for hydroxylation is 2. The number of unbranched alkanes of at least 4 members (excludes halogenated alkanes) is 1. The van der Waals surface area contributed by atoms with E-state index in [1.165, 1.54) is 0 Å². The summed E-state index contributed by atoms with van der Waals surface area (Å²) in [6.45, 7) is 8.07. The van der Waals surface area contributed by atoms with Crippen molar-refractivity contribution in [2.45, 2.75) is 52.4 Å². The summed E-state index contributed by atoms with van der Waals surface area (Å²) >= 11 is 0. The number of piperidine rings is 1. The monoisotopic (exact) mass is 346 g/mol. The average molecular weight is 346 g/mol. The third kappa shape index (κ3) is 4.69. The molecular formula is C19H30N4O2. The predicted octanol–water partition coefficient (Wildman–Crippen LogP) is 2.57. The molecule has 0 radical (unpaired) electrons. The van der Waals surface area contributed by atoms with E-state index in [-0.39, 0.29) is 11.3 Å². The minimum absolute atomic E-state index is 0.201. The van der Waals surface area contributed by atoms with E-state index >= 15 is 0 Å². The minimum atomic E-state index is 0.201. The lowest BCUT2D eigenvalue weighted by Crippen LogP contribution is -2.48. The van der Waals surface area contributed by atoms with Crippen molar-refractivity contribution in [1.82, 2.24) is 14.9 Å². The van der Waals surface area contributed by atoms with E-state index < -0.39 is 0 Å². The molecule has 0 aliphatic carbocycles. The Labute approximate surface area is 150 Å². The largest absolute Gasteiger partial charge is 0.381 e. The molecule has 3 rings (SSSR count). The van der Waals surface area contributed by atoms with Crippen molar-refractivity contribution in [3.05, 3.63) is 17.6 Å². The van der Waals surface area contributed by atoms with Crippen LogP contribution in [-0.4, -0.2) is 53.6 Å². The van der Waals surface area contributed by atoms with Crippen LogP contribution < -0.4 is 5.32 Å². The molecule has 0 saturated carbocycles. The second-order valence-electron chi connectivity index (χ2n) is 7.46. The summed E-state index contributed by atoms with van der Waals surface area (Å²) in [7, 11) is 0. The van der Waals surface area contributed by atoms with Crippen LogP contribution in [0.2, 0.25) is 0 Å². The Morgan fingerprint density at radius 3 is 3.00 bits per heavy atom. The summed E-state index contributed by atoms with van der Waals surface area (Å²) in [5, 5.41) is 3.37. The van der Waals surface area contributed by atoms with E-state index in [0.29, 0.717) is 19.5 Å². The van der Waals surface area contributed by atoms with Crippen molar-refractivity contribution in [3.63, 3.8) is 0 Å². The number of hydrogen-bond donors (Lipinski definition) is 1. The highest BCUT2D eigenvalue weighted by atomic mass is 16.5. The zero-order valence-electron chi connectivity index (χ0n) is 15.5. The van der Waals surface area contributed by atoms with Gasteiger partial charge in [0.25, 0.3) is 0 Å². The van der Waals surface area contributed by atoms with Crippen molar-refractivity contribution >= 4 is 11.7 Å². The normalized spacial score (nSPS) is 23.4. The van der Waals surface area contributed by atoms with Crippen LogP contribution in [0.3, 0.4) is 0 Å². The summed E-state index contributed by atoms with van der Waals surface area (Å²) in [6.07, 6.45) is 5.87. The predicted molar refractivity (Wildman–Crippen MR) is 97.6 cm³/mol. The van der Waals surface area contributed by atoms with Gasteiger partial charge in [-0.25, -0.2) is 9.97 Å². The maximum Gasteiger partial charge on any atom is 0.222 e. The standard InChI is InChI=1S/C19H30N4O2/c1-3-4-5-16-21-15(2)12-17(22-16)20-9-10-23-13-19(7-6-18(23)24)8-11-25-14-19/h12H,3-11,13-14H2,1-2H3,(H,20,21,22)/t19-/m1/s1. The number of hydrogen-bond acceptors (Lipinski definition) is 5. The molecule has 1 spiro atoms. The molecule has 1 N–H and O–H groups in total. The third-order valence-corrected chi connectivity index (χ3v) is 5.28. The van der Waals surface area contributed by atoms with Crippen LogP contribution in [0.4, 0.5) is 5.82 Å². The number of amides is 1. The number of nitrogens with one attached hydrogen (secondary N) is 1. The Morgan fingerprint density at radius 1 is 1.36 bits per heavy atom. The molecule has 25 heavy (non-hydrogen) atoms. The van der Waals surface area contributed by atoms with Gasteiger partial charge in [-0.1, -0.05) is 13.3 Å². The maximum absolute atomic E-state index is 12.2. The van der Waals surface area contributed by atoms with Crippen molar-refractivity contribution in [1.29, 1.82) is 0 Å². The first-order valence-corrected chi connectivity index (χ1v) is 9.54. The maximum atomic E-state index is 12.2. The molecule has 1 aromatic rings. The van der Waals surface area contributed by atoms with Gasteiger partial charge in [-0.2, -0.15) is 0 Å². The number of anilines is 1. The fraction of sp³-hybridized carbons (Fsp3) is 0.737. The number of aromatic nitrogens is 2. The number of carbonyl (C=O) groups is 1. The quantitative estimate of drug-likeness (QED) is 0.822. The number of rotatable bonds is 7.